The molecule has 0 spiro atoms. The largest absolute Gasteiger partial charge is 0.461 e. The van der Waals surface area contributed by atoms with E-state index in [1.807, 2.05) is 37.4 Å². The van der Waals surface area contributed by atoms with Crippen LogP contribution in [0.5, 0.6) is 0 Å². The maximum Gasteiger partial charge on any atom is 0.354 e. The summed E-state index contributed by atoms with van der Waals surface area (Å²) in [4.78, 5) is 27.0. The monoisotopic (exact) mass is 357 g/mol. The van der Waals surface area contributed by atoms with E-state index in [0.717, 1.165) is 12.2 Å². The fourth-order valence-corrected chi connectivity index (χ4v) is 3.78. The molecule has 1 aromatic rings. The number of ether oxygens (including phenoxy) is 1. The van der Waals surface area contributed by atoms with E-state index in [0.29, 0.717) is 18.2 Å². The molecular weight excluding hydrogens is 330 g/mol. The molecule has 1 amide bonds. The van der Waals surface area contributed by atoms with Gasteiger partial charge in [0.25, 0.3) is 0 Å². The third-order valence-corrected chi connectivity index (χ3v) is 5.11. The molecule has 1 aromatic carbocycles. The highest BCUT2D eigenvalue weighted by Crippen LogP contribution is 2.28. The third kappa shape index (κ3) is 4.06. The number of hydrogen-bond donors (Lipinski definition) is 0. The zero-order valence-electron chi connectivity index (χ0n) is 15.6. The summed E-state index contributed by atoms with van der Waals surface area (Å²) in [6.45, 7) is 2.83. The van der Waals surface area contributed by atoms with Crippen molar-refractivity contribution in [1.82, 2.24) is 4.90 Å². The lowest BCUT2D eigenvalue weighted by atomic mass is 10.1. The second-order valence-corrected chi connectivity index (χ2v) is 7.04. The number of hydrazone groups is 1. The van der Waals surface area contributed by atoms with Crippen molar-refractivity contribution in [2.45, 2.75) is 45.1 Å². The van der Waals surface area contributed by atoms with E-state index in [1.54, 1.807) is 16.8 Å². The fraction of sp³-hybridized carbons (Fsp3) is 0.550. The quantitative estimate of drug-likeness (QED) is 0.735. The Labute approximate surface area is 154 Å². The number of esters is 1. The molecule has 1 saturated carbocycles. The summed E-state index contributed by atoms with van der Waals surface area (Å²) < 4.78 is 5.08. The number of carbonyl (C=O) groups is 2. The number of likely N-dealkylation sites (N-methyl/N-ethyl adjacent to an activating group) is 1. The van der Waals surface area contributed by atoms with Gasteiger partial charge in [-0.2, -0.15) is 5.10 Å². The Morgan fingerprint density at radius 3 is 2.58 bits per heavy atom. The highest BCUT2D eigenvalue weighted by molar-refractivity contribution is 6.38. The highest BCUT2D eigenvalue weighted by atomic mass is 16.5. The Morgan fingerprint density at radius 2 is 1.92 bits per heavy atom. The minimum Gasteiger partial charge on any atom is -0.461 e. The summed E-state index contributed by atoms with van der Waals surface area (Å²) in [6.07, 6.45) is 5.16. The Morgan fingerprint density at radius 1 is 1.23 bits per heavy atom. The number of rotatable bonds is 6. The van der Waals surface area contributed by atoms with Crippen LogP contribution in [-0.2, 0) is 14.3 Å². The summed E-state index contributed by atoms with van der Waals surface area (Å²) >= 11 is 0. The first-order valence-corrected chi connectivity index (χ1v) is 9.44. The second-order valence-electron chi connectivity index (χ2n) is 7.04. The van der Waals surface area contributed by atoms with E-state index in [9.17, 15) is 9.59 Å². The molecule has 0 N–H and O–H groups in total. The van der Waals surface area contributed by atoms with E-state index in [2.05, 4.69) is 5.10 Å². The van der Waals surface area contributed by atoms with Crippen molar-refractivity contribution in [3.05, 3.63) is 30.3 Å². The Bertz CT molecular complexity index is 668. The zero-order valence-corrected chi connectivity index (χ0v) is 15.6. The Kier molecular flexibility index (Phi) is 5.91. The molecule has 1 heterocycles. The lowest BCUT2D eigenvalue weighted by Gasteiger charge is -2.28. The standard InChI is InChI=1S/C20H27N3O3/c1-3-26-20(25)17-13-18(23(21-17)16-11-5-4-6-12-16)19(24)22(2)14-15-9-7-8-10-15/h4-6,11-12,15,18H,3,7-10,13-14H2,1-2H3. The number of amides is 1. The van der Waals surface area contributed by atoms with Gasteiger partial charge in [0, 0.05) is 20.0 Å². The van der Waals surface area contributed by atoms with Crippen molar-refractivity contribution in [3.8, 4) is 0 Å². The topological polar surface area (TPSA) is 62.2 Å². The van der Waals surface area contributed by atoms with Crippen LogP contribution < -0.4 is 5.01 Å². The molecule has 1 aliphatic carbocycles. The van der Waals surface area contributed by atoms with Gasteiger partial charge < -0.3 is 9.64 Å². The first-order chi connectivity index (χ1) is 12.6. The molecule has 1 fully saturated rings. The molecule has 0 radical (unpaired) electrons. The van der Waals surface area contributed by atoms with E-state index in [1.165, 1.54) is 25.7 Å². The van der Waals surface area contributed by atoms with Gasteiger partial charge in [0.05, 0.1) is 12.3 Å². The number of para-hydroxylation sites is 1. The van der Waals surface area contributed by atoms with Gasteiger partial charge in [-0.05, 0) is 37.8 Å². The van der Waals surface area contributed by atoms with Crippen molar-refractivity contribution in [1.29, 1.82) is 0 Å². The number of hydrogen-bond acceptors (Lipinski definition) is 5. The van der Waals surface area contributed by atoms with Crippen molar-refractivity contribution >= 4 is 23.3 Å². The smallest absolute Gasteiger partial charge is 0.354 e. The van der Waals surface area contributed by atoms with Crippen molar-refractivity contribution in [2.24, 2.45) is 11.0 Å². The van der Waals surface area contributed by atoms with Gasteiger partial charge in [-0.3, -0.25) is 9.80 Å². The third-order valence-electron chi connectivity index (χ3n) is 5.11. The van der Waals surface area contributed by atoms with Crippen molar-refractivity contribution < 1.29 is 14.3 Å². The first kappa shape index (κ1) is 18.4. The number of benzene rings is 1. The minimum absolute atomic E-state index is 0.00352. The number of nitrogens with zero attached hydrogens (tertiary/aromatic N) is 3. The molecule has 6 nitrogen and oxygen atoms in total. The summed E-state index contributed by atoms with van der Waals surface area (Å²) in [5.41, 5.74) is 1.11. The summed E-state index contributed by atoms with van der Waals surface area (Å²) in [5.74, 6) is 0.145. The summed E-state index contributed by atoms with van der Waals surface area (Å²) in [7, 11) is 1.85. The molecule has 1 aliphatic heterocycles. The van der Waals surface area contributed by atoms with E-state index >= 15 is 0 Å². The predicted octanol–water partition coefficient (Wildman–Crippen LogP) is 2.83. The van der Waals surface area contributed by atoms with Gasteiger partial charge in [-0.15, -0.1) is 0 Å². The lowest BCUT2D eigenvalue weighted by Crippen LogP contribution is -2.45. The van der Waals surface area contributed by atoms with E-state index in [-0.39, 0.29) is 12.3 Å². The maximum absolute atomic E-state index is 13.1. The van der Waals surface area contributed by atoms with Crippen LogP contribution in [0.1, 0.15) is 39.0 Å². The highest BCUT2D eigenvalue weighted by Gasteiger charge is 2.38. The van der Waals surface area contributed by atoms with Crippen LogP contribution in [-0.4, -0.2) is 48.7 Å². The van der Waals surface area contributed by atoms with Crippen molar-refractivity contribution in [3.63, 3.8) is 0 Å². The molecule has 0 aromatic heterocycles. The SMILES string of the molecule is CCOC(=O)C1=NN(c2ccccc2)C(C(=O)N(C)CC2CCCC2)C1. The zero-order chi connectivity index (χ0) is 18.5. The molecule has 140 valence electrons. The second kappa shape index (κ2) is 8.34. The van der Waals surface area contributed by atoms with Crippen LogP contribution in [0.4, 0.5) is 5.69 Å². The van der Waals surface area contributed by atoms with Gasteiger partial charge in [0.15, 0.2) is 0 Å². The maximum atomic E-state index is 13.1. The lowest BCUT2D eigenvalue weighted by molar-refractivity contribution is -0.135. The van der Waals surface area contributed by atoms with Gasteiger partial charge >= 0.3 is 5.97 Å². The Balaban J connectivity index is 1.77. The van der Waals surface area contributed by atoms with Crippen LogP contribution in [0.25, 0.3) is 0 Å². The number of carbonyl (C=O) groups excluding carboxylic acids is 2. The summed E-state index contributed by atoms with van der Waals surface area (Å²) in [5, 5.41) is 6.09. The van der Waals surface area contributed by atoms with Crippen LogP contribution in [0.3, 0.4) is 0 Å². The van der Waals surface area contributed by atoms with Crippen molar-refractivity contribution in [2.75, 3.05) is 25.2 Å². The van der Waals surface area contributed by atoms with E-state index < -0.39 is 12.0 Å². The minimum atomic E-state index is -0.497. The first-order valence-electron chi connectivity index (χ1n) is 9.44. The molecule has 2 aliphatic rings. The molecule has 0 saturated heterocycles. The van der Waals surface area contributed by atoms with Crippen LogP contribution in [0, 0.1) is 5.92 Å². The van der Waals surface area contributed by atoms with Gasteiger partial charge in [-0.1, -0.05) is 31.0 Å². The average molecular weight is 357 g/mol. The van der Waals surface area contributed by atoms with Crippen LogP contribution in [0.15, 0.2) is 35.4 Å². The molecule has 0 bridgehead atoms. The van der Waals surface area contributed by atoms with Crippen LogP contribution in [0.2, 0.25) is 0 Å². The molecule has 1 unspecified atom stereocenters. The Hall–Kier alpha value is -2.37. The normalized spacial score (nSPS) is 20.2. The van der Waals surface area contributed by atoms with Crippen LogP contribution >= 0.6 is 0 Å². The van der Waals surface area contributed by atoms with Gasteiger partial charge in [-0.25, -0.2) is 4.79 Å². The molecule has 3 rings (SSSR count). The predicted molar refractivity (Wildman–Crippen MR) is 101 cm³/mol. The molecule has 26 heavy (non-hydrogen) atoms. The summed E-state index contributed by atoms with van der Waals surface area (Å²) in [6, 6.07) is 9.01. The van der Waals surface area contributed by atoms with Gasteiger partial charge in [0.1, 0.15) is 11.8 Å². The average Bonchev–Trinajstić information content (AvgIpc) is 3.31. The molecule has 1 atom stereocenters. The van der Waals surface area contributed by atoms with E-state index in [4.69, 9.17) is 4.74 Å². The molecular formula is C20H27N3O3. The molecule has 6 heteroatoms. The number of anilines is 1. The van der Waals surface area contributed by atoms with Gasteiger partial charge in [0.2, 0.25) is 5.91 Å². The fourth-order valence-electron chi connectivity index (χ4n) is 3.78.